The lowest BCUT2D eigenvalue weighted by molar-refractivity contribution is 0.0924. The van der Waals surface area contributed by atoms with Crippen LogP contribution in [-0.4, -0.2) is 21.7 Å². The van der Waals surface area contributed by atoms with E-state index < -0.39 is 6.10 Å². The van der Waals surface area contributed by atoms with Crippen molar-refractivity contribution < 1.29 is 9.84 Å². The second-order valence-corrected chi connectivity index (χ2v) is 4.27. The van der Waals surface area contributed by atoms with Gasteiger partial charge >= 0.3 is 0 Å². The van der Waals surface area contributed by atoms with Crippen LogP contribution in [0.4, 0.5) is 0 Å². The third kappa shape index (κ3) is 1.95. The van der Waals surface area contributed by atoms with Gasteiger partial charge < -0.3 is 9.84 Å². The van der Waals surface area contributed by atoms with E-state index in [4.69, 9.17) is 4.74 Å². The predicted octanol–water partition coefficient (Wildman–Crippen LogP) is 2.36. The van der Waals surface area contributed by atoms with Crippen molar-refractivity contribution in [2.24, 2.45) is 0 Å². The Bertz CT molecular complexity index is 590. The average Bonchev–Trinajstić information content (AvgIpc) is 2.47. The molecular weight excluding hydrogens is 228 g/mol. The molecule has 18 heavy (non-hydrogen) atoms. The first-order valence-electron chi connectivity index (χ1n) is 6.07. The zero-order chi connectivity index (χ0) is 12.4. The summed E-state index contributed by atoms with van der Waals surface area (Å²) in [4.78, 5) is 8.53. The minimum Gasteiger partial charge on any atom is -0.495 e. The maximum atomic E-state index is 10.4. The SMILES string of the molecule is OC(C1=CCCCO1)c1cccc2nccnc12. The first-order chi connectivity index (χ1) is 8.86. The molecule has 1 aromatic heterocycles. The van der Waals surface area contributed by atoms with Crippen molar-refractivity contribution in [1.82, 2.24) is 9.97 Å². The van der Waals surface area contributed by atoms with Gasteiger partial charge in [-0.25, -0.2) is 0 Å². The second-order valence-electron chi connectivity index (χ2n) is 4.27. The summed E-state index contributed by atoms with van der Waals surface area (Å²) in [6.07, 6.45) is 6.42. The molecule has 2 aromatic rings. The molecule has 4 heteroatoms. The van der Waals surface area contributed by atoms with E-state index in [9.17, 15) is 5.11 Å². The van der Waals surface area contributed by atoms with Crippen LogP contribution >= 0.6 is 0 Å². The molecule has 1 aliphatic heterocycles. The molecule has 0 saturated carbocycles. The van der Waals surface area contributed by atoms with E-state index in [1.165, 1.54) is 0 Å². The molecule has 1 unspecified atom stereocenters. The maximum Gasteiger partial charge on any atom is 0.138 e. The second kappa shape index (κ2) is 4.74. The number of hydrogen-bond donors (Lipinski definition) is 1. The van der Waals surface area contributed by atoms with Crippen molar-refractivity contribution in [3.63, 3.8) is 0 Å². The van der Waals surface area contributed by atoms with Gasteiger partial charge in [-0.15, -0.1) is 0 Å². The van der Waals surface area contributed by atoms with E-state index >= 15 is 0 Å². The Morgan fingerprint density at radius 1 is 1.22 bits per heavy atom. The van der Waals surface area contributed by atoms with Gasteiger partial charge in [-0.2, -0.15) is 0 Å². The van der Waals surface area contributed by atoms with Crippen LogP contribution in [-0.2, 0) is 4.74 Å². The largest absolute Gasteiger partial charge is 0.495 e. The Labute approximate surface area is 105 Å². The van der Waals surface area contributed by atoms with Crippen LogP contribution in [0, 0.1) is 0 Å². The first kappa shape index (κ1) is 11.2. The van der Waals surface area contributed by atoms with Gasteiger partial charge in [0.1, 0.15) is 11.9 Å². The van der Waals surface area contributed by atoms with Gasteiger partial charge in [-0.05, 0) is 25.0 Å². The van der Waals surface area contributed by atoms with Gasteiger partial charge in [0.25, 0.3) is 0 Å². The molecule has 4 nitrogen and oxygen atoms in total. The number of aliphatic hydroxyl groups is 1. The highest BCUT2D eigenvalue weighted by atomic mass is 16.5. The summed E-state index contributed by atoms with van der Waals surface area (Å²) in [6.45, 7) is 0.666. The summed E-state index contributed by atoms with van der Waals surface area (Å²) in [5.41, 5.74) is 2.25. The highest BCUT2D eigenvalue weighted by Crippen LogP contribution is 2.29. The quantitative estimate of drug-likeness (QED) is 0.878. The van der Waals surface area contributed by atoms with Gasteiger partial charge in [0.05, 0.1) is 17.6 Å². The molecule has 0 saturated heterocycles. The van der Waals surface area contributed by atoms with Crippen LogP contribution in [0.3, 0.4) is 0 Å². The van der Waals surface area contributed by atoms with Gasteiger partial charge in [0, 0.05) is 18.0 Å². The normalized spacial score (nSPS) is 17.1. The Hall–Kier alpha value is -1.94. The number of para-hydroxylation sites is 1. The molecule has 1 aromatic carbocycles. The smallest absolute Gasteiger partial charge is 0.138 e. The van der Waals surface area contributed by atoms with E-state index in [2.05, 4.69) is 9.97 Å². The number of hydrogen-bond acceptors (Lipinski definition) is 4. The molecule has 0 radical (unpaired) electrons. The Balaban J connectivity index is 2.05. The fourth-order valence-corrected chi connectivity index (χ4v) is 2.16. The minimum atomic E-state index is -0.759. The summed E-state index contributed by atoms with van der Waals surface area (Å²) >= 11 is 0. The number of aromatic nitrogens is 2. The molecular formula is C14H14N2O2. The fourth-order valence-electron chi connectivity index (χ4n) is 2.16. The summed E-state index contributed by atoms with van der Waals surface area (Å²) in [7, 11) is 0. The van der Waals surface area contributed by atoms with E-state index in [0.29, 0.717) is 12.4 Å². The zero-order valence-electron chi connectivity index (χ0n) is 9.91. The molecule has 1 atom stereocenters. The molecule has 0 amide bonds. The maximum absolute atomic E-state index is 10.4. The summed E-state index contributed by atoms with van der Waals surface area (Å²) in [5, 5.41) is 10.4. The van der Waals surface area contributed by atoms with E-state index in [0.717, 1.165) is 29.4 Å². The first-order valence-corrected chi connectivity index (χ1v) is 6.07. The summed E-state index contributed by atoms with van der Waals surface area (Å²) in [6, 6.07) is 5.62. The third-order valence-corrected chi connectivity index (χ3v) is 3.06. The number of fused-ring (bicyclic) bond motifs is 1. The Kier molecular flexibility index (Phi) is 2.94. The molecule has 0 aliphatic carbocycles. The van der Waals surface area contributed by atoms with Crippen LogP contribution in [0.25, 0.3) is 11.0 Å². The van der Waals surface area contributed by atoms with Crippen molar-refractivity contribution in [3.05, 3.63) is 48.0 Å². The molecule has 2 heterocycles. The molecule has 1 N–H and O–H groups in total. The molecule has 92 valence electrons. The van der Waals surface area contributed by atoms with E-state index in [-0.39, 0.29) is 0 Å². The summed E-state index contributed by atoms with van der Waals surface area (Å²) < 4.78 is 5.51. The number of allylic oxidation sites excluding steroid dienone is 1. The number of benzene rings is 1. The lowest BCUT2D eigenvalue weighted by Crippen LogP contribution is -2.10. The van der Waals surface area contributed by atoms with E-state index in [1.54, 1.807) is 12.4 Å². The van der Waals surface area contributed by atoms with Crippen molar-refractivity contribution in [3.8, 4) is 0 Å². The van der Waals surface area contributed by atoms with Gasteiger partial charge in [-0.3, -0.25) is 9.97 Å². The molecule has 0 bridgehead atoms. The molecule has 0 fully saturated rings. The lowest BCUT2D eigenvalue weighted by Gasteiger charge is -2.20. The highest BCUT2D eigenvalue weighted by Gasteiger charge is 2.19. The van der Waals surface area contributed by atoms with Gasteiger partial charge in [0.2, 0.25) is 0 Å². The number of rotatable bonds is 2. The van der Waals surface area contributed by atoms with Crippen LogP contribution in [0.5, 0.6) is 0 Å². The molecule has 0 spiro atoms. The topological polar surface area (TPSA) is 55.2 Å². The molecule has 3 rings (SSSR count). The van der Waals surface area contributed by atoms with Crippen LogP contribution in [0.15, 0.2) is 42.4 Å². The highest BCUT2D eigenvalue weighted by molar-refractivity contribution is 5.78. The zero-order valence-corrected chi connectivity index (χ0v) is 9.91. The number of aliphatic hydroxyl groups excluding tert-OH is 1. The predicted molar refractivity (Wildman–Crippen MR) is 67.8 cm³/mol. The van der Waals surface area contributed by atoms with Crippen molar-refractivity contribution in [1.29, 1.82) is 0 Å². The van der Waals surface area contributed by atoms with E-state index in [1.807, 2.05) is 24.3 Å². The van der Waals surface area contributed by atoms with Crippen LogP contribution in [0.2, 0.25) is 0 Å². The van der Waals surface area contributed by atoms with Gasteiger partial charge in [0.15, 0.2) is 0 Å². The van der Waals surface area contributed by atoms with Crippen molar-refractivity contribution >= 4 is 11.0 Å². The average molecular weight is 242 g/mol. The van der Waals surface area contributed by atoms with Crippen LogP contribution in [0.1, 0.15) is 24.5 Å². The summed E-state index contributed by atoms with van der Waals surface area (Å²) in [5.74, 6) is 0.624. The Morgan fingerprint density at radius 3 is 2.94 bits per heavy atom. The standard InChI is InChI=1S/C14H14N2O2/c17-14(12-6-1-2-9-18-12)10-4-3-5-11-13(10)16-8-7-15-11/h3-8,14,17H,1-2,9H2. The van der Waals surface area contributed by atoms with Gasteiger partial charge in [-0.1, -0.05) is 12.1 Å². The fraction of sp³-hybridized carbons (Fsp3) is 0.286. The number of ether oxygens (including phenoxy) is 1. The van der Waals surface area contributed by atoms with Crippen molar-refractivity contribution in [2.75, 3.05) is 6.61 Å². The Morgan fingerprint density at radius 2 is 2.11 bits per heavy atom. The monoisotopic (exact) mass is 242 g/mol. The van der Waals surface area contributed by atoms with Crippen molar-refractivity contribution in [2.45, 2.75) is 18.9 Å². The third-order valence-electron chi connectivity index (χ3n) is 3.06. The molecule has 1 aliphatic rings. The minimum absolute atomic E-state index is 0.624. The lowest BCUT2D eigenvalue weighted by atomic mass is 10.0. The number of nitrogens with zero attached hydrogens (tertiary/aromatic N) is 2. The van der Waals surface area contributed by atoms with Crippen LogP contribution < -0.4 is 0 Å².